The third-order valence-electron chi connectivity index (χ3n) is 4.86. The van der Waals surface area contributed by atoms with E-state index in [4.69, 9.17) is 5.53 Å². The van der Waals surface area contributed by atoms with Crippen molar-refractivity contribution in [2.45, 2.75) is 43.9 Å². The lowest BCUT2D eigenvalue weighted by Gasteiger charge is -2.31. The summed E-state index contributed by atoms with van der Waals surface area (Å²) in [6.07, 6.45) is 1.97. The summed E-state index contributed by atoms with van der Waals surface area (Å²) in [6.45, 7) is 9.76. The van der Waals surface area contributed by atoms with Crippen molar-refractivity contribution >= 4 is 10.0 Å². The lowest BCUT2D eigenvalue weighted by Crippen LogP contribution is -2.40. The second kappa shape index (κ2) is 8.86. The molecule has 1 aliphatic rings. The van der Waals surface area contributed by atoms with Gasteiger partial charge < -0.3 is 4.90 Å². The first-order chi connectivity index (χ1) is 12.2. The molecule has 26 heavy (non-hydrogen) atoms. The van der Waals surface area contributed by atoms with Crippen molar-refractivity contribution in [3.05, 3.63) is 40.3 Å². The molecule has 1 fully saturated rings. The third-order valence-corrected chi connectivity index (χ3v) is 6.34. The summed E-state index contributed by atoms with van der Waals surface area (Å²) in [5.41, 5.74) is 9.48. The number of hydrogen-bond acceptors (Lipinski definition) is 4. The number of azide groups is 1. The number of rotatable bonds is 7. The monoisotopic (exact) mass is 379 g/mol. The molecule has 1 heterocycles. The Bertz CT molecular complexity index is 726. The van der Waals surface area contributed by atoms with Crippen LogP contribution in [0.25, 0.3) is 10.4 Å². The lowest BCUT2D eigenvalue weighted by molar-refractivity contribution is 0.190. The van der Waals surface area contributed by atoms with Crippen LogP contribution < -0.4 is 4.72 Å². The average Bonchev–Trinajstić information content (AvgIpc) is 2.60. The Morgan fingerprint density at radius 3 is 2.38 bits per heavy atom. The van der Waals surface area contributed by atoms with Gasteiger partial charge in [-0.1, -0.05) is 38.0 Å². The van der Waals surface area contributed by atoms with Crippen molar-refractivity contribution in [1.29, 1.82) is 0 Å². The van der Waals surface area contributed by atoms with Gasteiger partial charge in [0, 0.05) is 24.5 Å². The lowest BCUT2D eigenvalue weighted by atomic mass is 9.87. The summed E-state index contributed by atoms with van der Waals surface area (Å²) < 4.78 is 27.5. The van der Waals surface area contributed by atoms with Gasteiger partial charge in [-0.3, -0.25) is 0 Å². The Morgan fingerprint density at radius 2 is 1.85 bits per heavy atom. The van der Waals surface area contributed by atoms with Crippen LogP contribution in [0.3, 0.4) is 0 Å². The Kier molecular flexibility index (Phi) is 7.06. The number of piperidine rings is 1. The minimum atomic E-state index is -3.48. The molecule has 7 nitrogen and oxygen atoms in total. The maximum absolute atomic E-state index is 12.4. The predicted molar refractivity (Wildman–Crippen MR) is 104 cm³/mol. The molecule has 0 bridgehead atoms. The van der Waals surface area contributed by atoms with Gasteiger partial charge in [0.25, 0.3) is 0 Å². The molecule has 0 saturated carbocycles. The topological polar surface area (TPSA) is 98.2 Å². The number of sulfonamides is 1. The highest BCUT2D eigenvalue weighted by Gasteiger charge is 2.20. The molecule has 0 radical (unpaired) electrons. The molecule has 0 aliphatic carbocycles. The van der Waals surface area contributed by atoms with Gasteiger partial charge in [0.15, 0.2) is 0 Å². The molecule has 0 amide bonds. The standard InChI is InChI=1S/C18H29N5O2S/c1-18(2,3)16-4-6-17(7-5-16)26(24,25)21-10-13-23-11-8-15(9-12-23)14-20-22-19/h4-7,15,21H,8-14H2,1-3H3. The first kappa shape index (κ1) is 20.7. The number of nitrogens with zero attached hydrogens (tertiary/aromatic N) is 4. The van der Waals surface area contributed by atoms with E-state index in [2.05, 4.69) is 40.4 Å². The Labute approximate surface area is 156 Å². The Hall–Kier alpha value is -1.60. The smallest absolute Gasteiger partial charge is 0.240 e. The van der Waals surface area contributed by atoms with Gasteiger partial charge in [-0.25, -0.2) is 13.1 Å². The second-order valence-electron chi connectivity index (χ2n) is 7.87. The van der Waals surface area contributed by atoms with Crippen molar-refractivity contribution < 1.29 is 8.42 Å². The number of nitrogens with one attached hydrogen (secondary N) is 1. The van der Waals surface area contributed by atoms with Crippen LogP contribution in [0, 0.1) is 5.92 Å². The first-order valence-corrected chi connectivity index (χ1v) is 10.5. The molecule has 1 aliphatic heterocycles. The molecule has 8 heteroatoms. The van der Waals surface area contributed by atoms with Crippen molar-refractivity contribution in [2.24, 2.45) is 11.0 Å². The van der Waals surface area contributed by atoms with Gasteiger partial charge in [0.05, 0.1) is 4.90 Å². The zero-order valence-electron chi connectivity index (χ0n) is 15.9. The molecule has 1 saturated heterocycles. The SMILES string of the molecule is CC(C)(C)c1ccc(S(=O)(=O)NCCN2CCC(CN=[N+]=[N-])CC2)cc1. The quantitative estimate of drug-likeness (QED) is 0.447. The van der Waals surface area contributed by atoms with Crippen LogP contribution in [0.2, 0.25) is 0 Å². The molecule has 1 N–H and O–H groups in total. The minimum absolute atomic E-state index is 0.000390. The number of likely N-dealkylation sites (tertiary alicyclic amines) is 1. The summed E-state index contributed by atoms with van der Waals surface area (Å²) in [6, 6.07) is 7.10. The molecule has 0 atom stereocenters. The average molecular weight is 380 g/mol. The fourth-order valence-electron chi connectivity index (χ4n) is 3.10. The van der Waals surface area contributed by atoms with E-state index >= 15 is 0 Å². The maximum atomic E-state index is 12.4. The molecule has 0 unspecified atom stereocenters. The van der Waals surface area contributed by atoms with Crippen LogP contribution in [-0.2, 0) is 15.4 Å². The fourth-order valence-corrected chi connectivity index (χ4v) is 4.12. The molecule has 2 rings (SSSR count). The summed E-state index contributed by atoms with van der Waals surface area (Å²) in [5, 5.41) is 3.64. The van der Waals surface area contributed by atoms with E-state index in [0.717, 1.165) is 31.5 Å². The van der Waals surface area contributed by atoms with E-state index in [-0.39, 0.29) is 5.41 Å². The molecular weight excluding hydrogens is 350 g/mol. The van der Waals surface area contributed by atoms with Crippen molar-refractivity contribution in [1.82, 2.24) is 9.62 Å². The highest BCUT2D eigenvalue weighted by atomic mass is 32.2. The van der Waals surface area contributed by atoms with Crippen LogP contribution in [0.4, 0.5) is 0 Å². The van der Waals surface area contributed by atoms with E-state index < -0.39 is 10.0 Å². The van der Waals surface area contributed by atoms with E-state index in [1.807, 2.05) is 12.1 Å². The molecule has 144 valence electrons. The summed E-state index contributed by atoms with van der Waals surface area (Å²) in [5.74, 6) is 0.445. The molecular formula is C18H29N5O2S. The van der Waals surface area contributed by atoms with Crippen LogP contribution in [0.15, 0.2) is 34.3 Å². The van der Waals surface area contributed by atoms with E-state index in [0.29, 0.717) is 30.4 Å². The second-order valence-corrected chi connectivity index (χ2v) is 9.64. The normalized spacial score (nSPS) is 17.0. The van der Waals surface area contributed by atoms with Crippen molar-refractivity contribution in [3.8, 4) is 0 Å². The van der Waals surface area contributed by atoms with Crippen LogP contribution in [0.5, 0.6) is 0 Å². The zero-order chi connectivity index (χ0) is 19.2. The number of benzene rings is 1. The van der Waals surface area contributed by atoms with Crippen LogP contribution in [0.1, 0.15) is 39.2 Å². The Balaban J connectivity index is 1.81. The van der Waals surface area contributed by atoms with Crippen molar-refractivity contribution in [2.75, 3.05) is 32.7 Å². The summed E-state index contributed by atoms with van der Waals surface area (Å²) in [7, 11) is -3.48. The fraction of sp³-hybridized carbons (Fsp3) is 0.667. The first-order valence-electron chi connectivity index (χ1n) is 9.06. The molecule has 0 spiro atoms. The minimum Gasteiger partial charge on any atom is -0.302 e. The van der Waals surface area contributed by atoms with Crippen LogP contribution >= 0.6 is 0 Å². The molecule has 1 aromatic carbocycles. The van der Waals surface area contributed by atoms with Crippen molar-refractivity contribution in [3.63, 3.8) is 0 Å². The maximum Gasteiger partial charge on any atom is 0.240 e. The predicted octanol–water partition coefficient (Wildman–Crippen LogP) is 3.28. The van der Waals surface area contributed by atoms with Crippen LogP contribution in [-0.4, -0.2) is 46.0 Å². The number of hydrogen-bond donors (Lipinski definition) is 1. The molecule has 0 aromatic heterocycles. The third kappa shape index (κ3) is 5.99. The van der Waals surface area contributed by atoms with E-state index in [1.54, 1.807) is 12.1 Å². The summed E-state index contributed by atoms with van der Waals surface area (Å²) in [4.78, 5) is 5.36. The molecule has 1 aromatic rings. The highest BCUT2D eigenvalue weighted by Crippen LogP contribution is 2.23. The van der Waals surface area contributed by atoms with Gasteiger partial charge >= 0.3 is 0 Å². The largest absolute Gasteiger partial charge is 0.302 e. The zero-order valence-corrected chi connectivity index (χ0v) is 16.7. The van der Waals surface area contributed by atoms with E-state index in [9.17, 15) is 8.42 Å². The van der Waals surface area contributed by atoms with Gasteiger partial charge in [0.1, 0.15) is 0 Å². The Morgan fingerprint density at radius 1 is 1.23 bits per heavy atom. The summed E-state index contributed by atoms with van der Waals surface area (Å²) >= 11 is 0. The van der Waals surface area contributed by atoms with E-state index in [1.165, 1.54) is 0 Å². The van der Waals surface area contributed by atoms with Gasteiger partial charge in [0.2, 0.25) is 10.0 Å². The van der Waals surface area contributed by atoms with Gasteiger partial charge in [-0.15, -0.1) is 0 Å². The van der Waals surface area contributed by atoms with Gasteiger partial charge in [-0.2, -0.15) is 0 Å². The highest BCUT2D eigenvalue weighted by molar-refractivity contribution is 7.89. The van der Waals surface area contributed by atoms with Gasteiger partial charge in [-0.05, 0) is 60.5 Å².